The van der Waals surface area contributed by atoms with E-state index in [1.54, 1.807) is 0 Å². The molecule has 0 bridgehead atoms. The number of hydrazine groups is 1. The molecule has 7 heteroatoms. The third-order valence-corrected chi connectivity index (χ3v) is 3.97. The third kappa shape index (κ3) is 3.57. The highest BCUT2D eigenvalue weighted by Crippen LogP contribution is 2.28. The minimum atomic E-state index is -0.457. The molecule has 0 saturated carbocycles. The Balaban J connectivity index is 1.70. The van der Waals surface area contributed by atoms with Crippen LogP contribution >= 0.6 is 11.3 Å². The van der Waals surface area contributed by atoms with E-state index in [9.17, 15) is 9.18 Å². The first-order valence-electron chi connectivity index (χ1n) is 7.01. The van der Waals surface area contributed by atoms with Crippen LogP contribution < -0.4 is 15.6 Å². The summed E-state index contributed by atoms with van der Waals surface area (Å²) < 4.78 is 19.5. The summed E-state index contributed by atoms with van der Waals surface area (Å²) in [4.78, 5) is 16.3. The molecular formula is C16H14FN3O2S. The standard InChI is InChI=1S/C16H14FN3O2S/c1-2-22-12-6-7-13-14(9-12)23-16(18-13)20-19-15(21)10-4-3-5-11(17)8-10/h3-9H,2H2,1H3,(H,18,20)(H,19,21). The number of hydrogen-bond donors (Lipinski definition) is 2. The number of ether oxygens (including phenoxy) is 1. The summed E-state index contributed by atoms with van der Waals surface area (Å²) in [6, 6.07) is 11.1. The number of thiazole rings is 1. The van der Waals surface area contributed by atoms with E-state index in [1.165, 1.54) is 35.6 Å². The normalized spacial score (nSPS) is 10.5. The van der Waals surface area contributed by atoms with E-state index in [0.717, 1.165) is 16.0 Å². The van der Waals surface area contributed by atoms with E-state index in [2.05, 4.69) is 15.8 Å². The van der Waals surface area contributed by atoms with Gasteiger partial charge in [0.25, 0.3) is 5.91 Å². The Morgan fingerprint density at radius 3 is 2.96 bits per heavy atom. The van der Waals surface area contributed by atoms with Crippen LogP contribution in [0.2, 0.25) is 0 Å². The van der Waals surface area contributed by atoms with Crippen molar-refractivity contribution in [1.82, 2.24) is 10.4 Å². The second-order valence-electron chi connectivity index (χ2n) is 4.67. The summed E-state index contributed by atoms with van der Waals surface area (Å²) >= 11 is 1.39. The van der Waals surface area contributed by atoms with Crippen molar-refractivity contribution in [3.63, 3.8) is 0 Å². The van der Waals surface area contributed by atoms with Gasteiger partial charge in [-0.1, -0.05) is 17.4 Å². The van der Waals surface area contributed by atoms with Gasteiger partial charge < -0.3 is 4.74 Å². The van der Waals surface area contributed by atoms with Crippen LogP contribution in [0, 0.1) is 5.82 Å². The van der Waals surface area contributed by atoms with Crippen molar-refractivity contribution < 1.29 is 13.9 Å². The minimum absolute atomic E-state index is 0.234. The van der Waals surface area contributed by atoms with Gasteiger partial charge >= 0.3 is 0 Å². The van der Waals surface area contributed by atoms with Gasteiger partial charge in [-0.2, -0.15) is 0 Å². The minimum Gasteiger partial charge on any atom is -0.494 e. The molecular weight excluding hydrogens is 317 g/mol. The summed E-state index contributed by atoms with van der Waals surface area (Å²) in [5.41, 5.74) is 6.29. The number of halogens is 1. The molecule has 0 atom stereocenters. The predicted molar refractivity (Wildman–Crippen MR) is 88.3 cm³/mol. The van der Waals surface area contributed by atoms with Gasteiger partial charge in [-0.3, -0.25) is 15.6 Å². The molecule has 23 heavy (non-hydrogen) atoms. The summed E-state index contributed by atoms with van der Waals surface area (Å²) in [5, 5.41) is 0.540. The molecule has 3 rings (SSSR count). The second kappa shape index (κ2) is 6.62. The van der Waals surface area contributed by atoms with Crippen LogP contribution in [-0.4, -0.2) is 17.5 Å². The lowest BCUT2D eigenvalue weighted by molar-refractivity contribution is 0.0962. The SMILES string of the molecule is CCOc1ccc2nc(NNC(=O)c3cccc(F)c3)sc2c1. The molecule has 3 aromatic rings. The Hall–Kier alpha value is -2.67. The van der Waals surface area contributed by atoms with Crippen molar-refractivity contribution in [1.29, 1.82) is 0 Å². The number of carbonyl (C=O) groups is 1. The van der Waals surface area contributed by atoms with Crippen LogP contribution in [0.15, 0.2) is 42.5 Å². The van der Waals surface area contributed by atoms with Crippen LogP contribution in [0.3, 0.4) is 0 Å². The molecule has 1 amide bonds. The number of anilines is 1. The lowest BCUT2D eigenvalue weighted by Crippen LogP contribution is -2.29. The number of nitrogens with one attached hydrogen (secondary N) is 2. The van der Waals surface area contributed by atoms with Gasteiger partial charge in [-0.15, -0.1) is 0 Å². The molecule has 0 radical (unpaired) electrons. The smallest absolute Gasteiger partial charge is 0.269 e. The molecule has 5 nitrogen and oxygen atoms in total. The van der Waals surface area contributed by atoms with E-state index >= 15 is 0 Å². The zero-order chi connectivity index (χ0) is 16.2. The Morgan fingerprint density at radius 1 is 1.30 bits per heavy atom. The summed E-state index contributed by atoms with van der Waals surface area (Å²) in [7, 11) is 0. The third-order valence-electron chi connectivity index (χ3n) is 3.04. The number of rotatable bonds is 5. The topological polar surface area (TPSA) is 63.2 Å². The maximum Gasteiger partial charge on any atom is 0.269 e. The predicted octanol–water partition coefficient (Wildman–Crippen LogP) is 3.59. The second-order valence-corrected chi connectivity index (χ2v) is 5.70. The monoisotopic (exact) mass is 331 g/mol. The Kier molecular flexibility index (Phi) is 4.38. The Morgan fingerprint density at radius 2 is 2.17 bits per heavy atom. The molecule has 118 valence electrons. The summed E-state index contributed by atoms with van der Waals surface area (Å²) in [5.74, 6) is -0.112. The molecule has 1 heterocycles. The summed E-state index contributed by atoms with van der Waals surface area (Å²) in [6.07, 6.45) is 0. The highest BCUT2D eigenvalue weighted by Gasteiger charge is 2.08. The lowest BCUT2D eigenvalue weighted by atomic mass is 10.2. The molecule has 1 aromatic heterocycles. The van der Waals surface area contributed by atoms with Gasteiger partial charge in [0, 0.05) is 5.56 Å². The molecule has 2 N–H and O–H groups in total. The number of amides is 1. The van der Waals surface area contributed by atoms with Crippen LogP contribution in [0.5, 0.6) is 5.75 Å². The molecule has 0 unspecified atom stereocenters. The fraction of sp³-hybridized carbons (Fsp3) is 0.125. The van der Waals surface area contributed by atoms with Crippen molar-refractivity contribution in [3.8, 4) is 5.75 Å². The molecule has 0 spiro atoms. The van der Waals surface area contributed by atoms with Gasteiger partial charge in [0.05, 0.1) is 16.8 Å². The maximum absolute atomic E-state index is 13.1. The number of benzene rings is 2. The van der Waals surface area contributed by atoms with Gasteiger partial charge in [0.1, 0.15) is 11.6 Å². The van der Waals surface area contributed by atoms with Crippen LogP contribution in [-0.2, 0) is 0 Å². The highest BCUT2D eigenvalue weighted by molar-refractivity contribution is 7.22. The first-order chi connectivity index (χ1) is 11.2. The van der Waals surface area contributed by atoms with Crippen molar-refractivity contribution in [2.45, 2.75) is 6.92 Å². The fourth-order valence-electron chi connectivity index (χ4n) is 2.03. The van der Waals surface area contributed by atoms with E-state index in [1.807, 2.05) is 25.1 Å². The van der Waals surface area contributed by atoms with Crippen LogP contribution in [0.1, 0.15) is 17.3 Å². The molecule has 0 aliphatic heterocycles. The van der Waals surface area contributed by atoms with Crippen molar-refractivity contribution in [2.24, 2.45) is 0 Å². The van der Waals surface area contributed by atoms with Gasteiger partial charge in [-0.25, -0.2) is 9.37 Å². The van der Waals surface area contributed by atoms with E-state index in [0.29, 0.717) is 11.7 Å². The van der Waals surface area contributed by atoms with Gasteiger partial charge in [0.2, 0.25) is 5.13 Å². The largest absolute Gasteiger partial charge is 0.494 e. The molecule has 0 aliphatic rings. The molecule has 2 aromatic carbocycles. The van der Waals surface area contributed by atoms with Crippen molar-refractivity contribution >= 4 is 32.6 Å². The first kappa shape index (κ1) is 15.2. The lowest BCUT2D eigenvalue weighted by Gasteiger charge is -2.05. The Labute approximate surface area is 136 Å². The number of aromatic nitrogens is 1. The molecule has 0 saturated heterocycles. The van der Waals surface area contributed by atoms with Crippen molar-refractivity contribution in [2.75, 3.05) is 12.0 Å². The fourth-order valence-corrected chi connectivity index (χ4v) is 2.87. The van der Waals surface area contributed by atoms with Crippen molar-refractivity contribution in [3.05, 3.63) is 53.8 Å². The summed E-state index contributed by atoms with van der Waals surface area (Å²) in [6.45, 7) is 2.52. The molecule has 0 aliphatic carbocycles. The number of nitrogens with zero attached hydrogens (tertiary/aromatic N) is 1. The number of carbonyl (C=O) groups excluding carboxylic acids is 1. The maximum atomic E-state index is 13.1. The average Bonchev–Trinajstić information content (AvgIpc) is 2.95. The quantitative estimate of drug-likeness (QED) is 0.701. The van der Waals surface area contributed by atoms with E-state index in [4.69, 9.17) is 4.74 Å². The van der Waals surface area contributed by atoms with Gasteiger partial charge in [-0.05, 0) is 43.3 Å². The Bertz CT molecular complexity index is 850. The zero-order valence-electron chi connectivity index (χ0n) is 12.3. The van der Waals surface area contributed by atoms with Gasteiger partial charge in [0.15, 0.2) is 0 Å². The molecule has 0 fully saturated rings. The number of hydrogen-bond acceptors (Lipinski definition) is 5. The highest BCUT2D eigenvalue weighted by atomic mass is 32.1. The zero-order valence-corrected chi connectivity index (χ0v) is 13.1. The average molecular weight is 331 g/mol. The van der Waals surface area contributed by atoms with Crippen LogP contribution in [0.25, 0.3) is 10.2 Å². The first-order valence-corrected chi connectivity index (χ1v) is 7.82. The van der Waals surface area contributed by atoms with E-state index < -0.39 is 11.7 Å². The van der Waals surface area contributed by atoms with E-state index in [-0.39, 0.29) is 5.56 Å². The van der Waals surface area contributed by atoms with Crippen LogP contribution in [0.4, 0.5) is 9.52 Å². The number of fused-ring (bicyclic) bond motifs is 1.